The van der Waals surface area contributed by atoms with E-state index in [9.17, 15) is 18.0 Å². The minimum atomic E-state index is -4.76. The van der Waals surface area contributed by atoms with Crippen LogP contribution in [0.25, 0.3) is 5.78 Å². The van der Waals surface area contributed by atoms with Crippen molar-refractivity contribution in [2.45, 2.75) is 23.7 Å². The zero-order valence-corrected chi connectivity index (χ0v) is 14.1. The second kappa shape index (κ2) is 7.20. The molecule has 1 N–H and O–H groups in total. The molecule has 1 unspecified atom stereocenters. The van der Waals surface area contributed by atoms with Crippen molar-refractivity contribution >= 4 is 29.1 Å². The maximum Gasteiger partial charge on any atom is 0.573 e. The lowest BCUT2D eigenvalue weighted by Crippen LogP contribution is -2.22. The van der Waals surface area contributed by atoms with Crippen molar-refractivity contribution in [1.82, 2.24) is 19.6 Å². The molecule has 136 valence electrons. The van der Waals surface area contributed by atoms with Crippen molar-refractivity contribution in [3.05, 3.63) is 42.7 Å². The first-order valence-electron chi connectivity index (χ1n) is 7.31. The number of nitrogens with zero attached hydrogens (tertiary/aromatic N) is 4. The van der Waals surface area contributed by atoms with Crippen LogP contribution in [0.1, 0.15) is 6.92 Å². The first-order chi connectivity index (χ1) is 12.3. The molecule has 1 atom stereocenters. The second-order valence-corrected chi connectivity index (χ2v) is 6.39. The molecule has 0 aliphatic rings. The number of nitrogens with one attached hydrogen (secondary N) is 1. The Morgan fingerprint density at radius 3 is 2.69 bits per heavy atom. The van der Waals surface area contributed by atoms with Crippen molar-refractivity contribution in [2.75, 3.05) is 5.32 Å². The van der Waals surface area contributed by atoms with Crippen LogP contribution in [0.2, 0.25) is 0 Å². The summed E-state index contributed by atoms with van der Waals surface area (Å²) < 4.78 is 41.7. The third-order valence-electron chi connectivity index (χ3n) is 3.10. The summed E-state index contributed by atoms with van der Waals surface area (Å²) in [4.78, 5) is 20.5. The Bertz CT molecular complexity index is 881. The minimum absolute atomic E-state index is 0.341. The zero-order chi connectivity index (χ0) is 18.7. The van der Waals surface area contributed by atoms with E-state index in [4.69, 9.17) is 0 Å². The number of carbonyl (C=O) groups is 1. The lowest BCUT2D eigenvalue weighted by atomic mass is 10.3. The smallest absolute Gasteiger partial charge is 0.406 e. The predicted octanol–water partition coefficient (Wildman–Crippen LogP) is 3.14. The summed E-state index contributed by atoms with van der Waals surface area (Å²) in [6.45, 7) is 1.67. The van der Waals surface area contributed by atoms with E-state index in [0.29, 0.717) is 16.6 Å². The van der Waals surface area contributed by atoms with Crippen LogP contribution in [-0.4, -0.2) is 37.1 Å². The number of hydrogen-bond acceptors (Lipinski definition) is 6. The average molecular weight is 383 g/mol. The Morgan fingerprint density at radius 1 is 1.31 bits per heavy atom. The molecule has 2 aromatic heterocycles. The summed E-state index contributed by atoms with van der Waals surface area (Å²) in [5.74, 6) is -0.284. The highest BCUT2D eigenvalue weighted by atomic mass is 32.2. The quantitative estimate of drug-likeness (QED) is 0.682. The highest BCUT2D eigenvalue weighted by Gasteiger charge is 2.31. The third kappa shape index (κ3) is 4.63. The summed E-state index contributed by atoms with van der Waals surface area (Å²) >= 11 is 1.14. The molecular weight excluding hydrogens is 371 g/mol. The predicted molar refractivity (Wildman–Crippen MR) is 87.9 cm³/mol. The van der Waals surface area contributed by atoms with Crippen molar-refractivity contribution in [3.8, 4) is 5.75 Å². The van der Waals surface area contributed by atoms with Gasteiger partial charge >= 0.3 is 6.36 Å². The number of benzene rings is 1. The number of alkyl halides is 3. The third-order valence-corrected chi connectivity index (χ3v) is 4.06. The number of amides is 1. The monoisotopic (exact) mass is 383 g/mol. The maximum atomic E-state index is 12.2. The SMILES string of the molecule is CC(Sc1nc2ncccn2n1)C(=O)Nc1ccc(OC(F)(F)F)cc1. The number of hydrogen-bond donors (Lipinski definition) is 1. The minimum Gasteiger partial charge on any atom is -0.406 e. The molecular formula is C15H12F3N5O2S. The molecule has 3 rings (SSSR count). The van der Waals surface area contributed by atoms with Gasteiger partial charge in [0, 0.05) is 18.1 Å². The van der Waals surface area contributed by atoms with Crippen LogP contribution in [0.4, 0.5) is 18.9 Å². The fourth-order valence-electron chi connectivity index (χ4n) is 1.96. The fourth-order valence-corrected chi connectivity index (χ4v) is 2.71. The molecule has 0 bridgehead atoms. The van der Waals surface area contributed by atoms with Gasteiger partial charge in [-0.2, -0.15) is 4.98 Å². The molecule has 3 aromatic rings. The Balaban J connectivity index is 1.60. The Kier molecular flexibility index (Phi) is 4.98. The van der Waals surface area contributed by atoms with E-state index in [1.54, 1.807) is 25.4 Å². The van der Waals surface area contributed by atoms with Gasteiger partial charge in [-0.25, -0.2) is 9.50 Å². The van der Waals surface area contributed by atoms with Gasteiger partial charge < -0.3 is 10.1 Å². The Morgan fingerprint density at radius 2 is 2.04 bits per heavy atom. The first kappa shape index (κ1) is 18.0. The van der Waals surface area contributed by atoms with Gasteiger partial charge in [-0.15, -0.1) is 18.3 Å². The van der Waals surface area contributed by atoms with E-state index in [1.807, 2.05) is 0 Å². The summed E-state index contributed by atoms with van der Waals surface area (Å²) in [6, 6.07) is 6.60. The van der Waals surface area contributed by atoms with Gasteiger partial charge in [-0.1, -0.05) is 11.8 Å². The molecule has 0 saturated carbocycles. The van der Waals surface area contributed by atoms with E-state index in [2.05, 4.69) is 25.1 Å². The van der Waals surface area contributed by atoms with Crippen molar-refractivity contribution in [3.63, 3.8) is 0 Å². The maximum absolute atomic E-state index is 12.2. The number of rotatable bonds is 5. The molecule has 1 amide bonds. The summed E-state index contributed by atoms with van der Waals surface area (Å²) in [5, 5.41) is 6.66. The molecule has 2 heterocycles. The van der Waals surface area contributed by atoms with Gasteiger partial charge in [-0.05, 0) is 37.3 Å². The topological polar surface area (TPSA) is 81.4 Å². The Hall–Kier alpha value is -2.82. The summed E-state index contributed by atoms with van der Waals surface area (Å²) in [5.41, 5.74) is 0.349. The largest absolute Gasteiger partial charge is 0.573 e. The molecule has 7 nitrogen and oxygen atoms in total. The van der Waals surface area contributed by atoms with E-state index in [-0.39, 0.29) is 11.7 Å². The summed E-state index contributed by atoms with van der Waals surface area (Å²) in [7, 11) is 0. The number of fused-ring (bicyclic) bond motifs is 1. The second-order valence-electron chi connectivity index (χ2n) is 5.08. The van der Waals surface area contributed by atoms with Gasteiger partial charge in [0.25, 0.3) is 5.78 Å². The number of thioether (sulfide) groups is 1. The van der Waals surface area contributed by atoms with Crippen LogP contribution >= 0.6 is 11.8 Å². The lowest BCUT2D eigenvalue weighted by Gasteiger charge is -2.12. The fraction of sp³-hybridized carbons (Fsp3) is 0.200. The van der Waals surface area contributed by atoms with Crippen LogP contribution in [0, 0.1) is 0 Å². The van der Waals surface area contributed by atoms with E-state index in [1.165, 1.54) is 16.6 Å². The molecule has 11 heteroatoms. The van der Waals surface area contributed by atoms with E-state index in [0.717, 1.165) is 23.9 Å². The highest BCUT2D eigenvalue weighted by Crippen LogP contribution is 2.25. The molecule has 0 spiro atoms. The van der Waals surface area contributed by atoms with Crippen LogP contribution in [0.15, 0.2) is 47.9 Å². The first-order valence-corrected chi connectivity index (χ1v) is 8.19. The van der Waals surface area contributed by atoms with Crippen LogP contribution in [0.5, 0.6) is 5.75 Å². The van der Waals surface area contributed by atoms with Gasteiger partial charge in [0.2, 0.25) is 11.1 Å². The van der Waals surface area contributed by atoms with E-state index < -0.39 is 11.6 Å². The van der Waals surface area contributed by atoms with Crippen LogP contribution < -0.4 is 10.1 Å². The molecule has 0 fully saturated rings. The van der Waals surface area contributed by atoms with Crippen molar-refractivity contribution in [2.24, 2.45) is 0 Å². The van der Waals surface area contributed by atoms with Gasteiger partial charge in [0.15, 0.2) is 0 Å². The number of ether oxygens (including phenoxy) is 1. The number of halogens is 3. The van der Waals surface area contributed by atoms with Crippen LogP contribution in [-0.2, 0) is 4.79 Å². The van der Waals surface area contributed by atoms with Gasteiger partial charge in [-0.3, -0.25) is 4.79 Å². The van der Waals surface area contributed by atoms with E-state index >= 15 is 0 Å². The number of aromatic nitrogens is 4. The van der Waals surface area contributed by atoms with Gasteiger partial charge in [0.1, 0.15) is 5.75 Å². The average Bonchev–Trinajstić information content (AvgIpc) is 2.97. The van der Waals surface area contributed by atoms with Crippen molar-refractivity contribution < 1.29 is 22.7 Å². The number of anilines is 1. The molecule has 0 aliphatic carbocycles. The van der Waals surface area contributed by atoms with Crippen LogP contribution in [0.3, 0.4) is 0 Å². The lowest BCUT2D eigenvalue weighted by molar-refractivity contribution is -0.274. The normalized spacial score (nSPS) is 12.8. The van der Waals surface area contributed by atoms with Crippen molar-refractivity contribution in [1.29, 1.82) is 0 Å². The summed E-state index contributed by atoms with van der Waals surface area (Å²) in [6.07, 6.45) is -1.48. The number of carbonyl (C=O) groups excluding carboxylic acids is 1. The molecule has 0 saturated heterocycles. The molecule has 1 aromatic carbocycles. The highest BCUT2D eigenvalue weighted by molar-refractivity contribution is 8.00. The molecule has 26 heavy (non-hydrogen) atoms. The zero-order valence-electron chi connectivity index (χ0n) is 13.3. The Labute approximate surface area is 149 Å². The molecule has 0 aliphatic heterocycles. The standard InChI is InChI=1S/C15H12F3N5O2S/c1-9(26-14-21-13-19-7-2-8-23(13)22-14)12(24)20-10-3-5-11(6-4-10)25-15(16,17)18/h2-9H,1H3,(H,20,24). The van der Waals surface area contributed by atoms with Gasteiger partial charge in [0.05, 0.1) is 5.25 Å². The molecule has 0 radical (unpaired) electrons.